The molecule has 1 rings (SSSR count). The Morgan fingerprint density at radius 2 is 1.94 bits per heavy atom. The van der Waals surface area contributed by atoms with Crippen LogP contribution >= 0.6 is 0 Å². The molecule has 1 heterocycles. The normalized spacial score (nSPS) is 26.6. The first-order valence-corrected chi connectivity index (χ1v) is 6.27. The number of hydrogen-bond donors (Lipinski definition) is 1. The van der Waals surface area contributed by atoms with Crippen molar-refractivity contribution in [3.8, 4) is 0 Å². The van der Waals surface area contributed by atoms with Gasteiger partial charge < -0.3 is 5.11 Å². The van der Waals surface area contributed by atoms with Gasteiger partial charge in [-0.25, -0.2) is 0 Å². The van der Waals surface area contributed by atoms with E-state index in [1.165, 1.54) is 6.42 Å². The Morgan fingerprint density at radius 1 is 1.38 bits per heavy atom. The lowest BCUT2D eigenvalue weighted by Gasteiger charge is -2.42. The maximum Gasteiger partial charge on any atom is 0.0558 e. The highest BCUT2D eigenvalue weighted by Crippen LogP contribution is 2.36. The summed E-state index contributed by atoms with van der Waals surface area (Å²) in [4.78, 5) is 4.87. The second-order valence-electron chi connectivity index (χ2n) is 6.66. The van der Waals surface area contributed by atoms with E-state index < -0.39 is 0 Å². The molecule has 0 saturated carbocycles. The molecule has 16 heavy (non-hydrogen) atoms. The molecule has 0 bridgehead atoms. The van der Waals surface area contributed by atoms with Gasteiger partial charge in [0.2, 0.25) is 0 Å². The predicted octanol–water partition coefficient (Wildman–Crippen LogP) is 1.56. The Bertz CT molecular complexity index is 233. The molecule has 1 saturated heterocycles. The van der Waals surface area contributed by atoms with Crippen LogP contribution < -0.4 is 0 Å². The summed E-state index contributed by atoms with van der Waals surface area (Å²) in [6.07, 6.45) is 1.18. The average Bonchev–Trinajstić information content (AvgIpc) is 2.41. The van der Waals surface area contributed by atoms with Crippen molar-refractivity contribution >= 4 is 0 Å². The summed E-state index contributed by atoms with van der Waals surface area (Å²) in [6.45, 7) is 13.6. The smallest absolute Gasteiger partial charge is 0.0558 e. The lowest BCUT2D eigenvalue weighted by molar-refractivity contribution is 0.0655. The number of aliphatic hydroxyl groups excluding tert-OH is 1. The third kappa shape index (κ3) is 2.96. The molecule has 1 aliphatic heterocycles. The van der Waals surface area contributed by atoms with E-state index in [9.17, 15) is 0 Å². The molecule has 0 radical (unpaired) electrons. The van der Waals surface area contributed by atoms with Crippen LogP contribution in [-0.2, 0) is 0 Å². The van der Waals surface area contributed by atoms with Crippen molar-refractivity contribution in [1.29, 1.82) is 0 Å². The second kappa shape index (κ2) is 4.63. The maximum absolute atomic E-state index is 9.00. The zero-order chi connectivity index (χ0) is 12.6. The summed E-state index contributed by atoms with van der Waals surface area (Å²) < 4.78 is 0. The van der Waals surface area contributed by atoms with E-state index in [0.29, 0.717) is 6.04 Å². The van der Waals surface area contributed by atoms with Gasteiger partial charge >= 0.3 is 0 Å². The first-order valence-electron chi connectivity index (χ1n) is 6.27. The summed E-state index contributed by atoms with van der Waals surface area (Å²) >= 11 is 0. The van der Waals surface area contributed by atoms with Crippen LogP contribution in [0.4, 0.5) is 0 Å². The van der Waals surface area contributed by atoms with E-state index in [1.54, 1.807) is 0 Å². The highest BCUT2D eigenvalue weighted by atomic mass is 16.3. The monoisotopic (exact) mass is 228 g/mol. The van der Waals surface area contributed by atoms with Gasteiger partial charge in [-0.1, -0.05) is 0 Å². The summed E-state index contributed by atoms with van der Waals surface area (Å²) in [7, 11) is 2.11. The molecular formula is C13H28N2O. The molecule has 1 aliphatic rings. The Hall–Kier alpha value is -0.120. The SMILES string of the molecule is CN(CCO)C1CN(C(C)(C)C)C(C)(C)C1. The minimum Gasteiger partial charge on any atom is -0.395 e. The number of rotatable bonds is 3. The average molecular weight is 228 g/mol. The fourth-order valence-corrected chi connectivity index (χ4v) is 3.03. The van der Waals surface area contributed by atoms with Crippen LogP contribution in [0.15, 0.2) is 0 Å². The number of nitrogens with zero attached hydrogens (tertiary/aromatic N) is 2. The number of hydrogen-bond acceptors (Lipinski definition) is 3. The van der Waals surface area contributed by atoms with Gasteiger partial charge in [-0.3, -0.25) is 9.80 Å². The zero-order valence-corrected chi connectivity index (χ0v) is 11.7. The molecule has 0 amide bonds. The lowest BCUT2D eigenvalue weighted by Crippen LogP contribution is -2.50. The number of likely N-dealkylation sites (N-methyl/N-ethyl adjacent to an activating group) is 1. The molecule has 96 valence electrons. The van der Waals surface area contributed by atoms with E-state index in [0.717, 1.165) is 13.1 Å². The fourth-order valence-electron chi connectivity index (χ4n) is 3.03. The predicted molar refractivity (Wildman–Crippen MR) is 68.7 cm³/mol. The van der Waals surface area contributed by atoms with Gasteiger partial charge in [0, 0.05) is 30.2 Å². The zero-order valence-electron chi connectivity index (χ0n) is 11.7. The van der Waals surface area contributed by atoms with Gasteiger partial charge in [0.05, 0.1) is 6.61 Å². The van der Waals surface area contributed by atoms with Gasteiger partial charge in [-0.05, 0) is 48.1 Å². The van der Waals surface area contributed by atoms with Crippen molar-refractivity contribution in [2.45, 2.75) is 58.2 Å². The molecule has 0 aliphatic carbocycles. The number of aliphatic hydroxyl groups is 1. The molecule has 0 spiro atoms. The highest BCUT2D eigenvalue weighted by Gasteiger charge is 2.44. The van der Waals surface area contributed by atoms with Crippen LogP contribution in [0.1, 0.15) is 41.0 Å². The topological polar surface area (TPSA) is 26.7 Å². The van der Waals surface area contributed by atoms with Crippen LogP contribution in [0, 0.1) is 0 Å². The van der Waals surface area contributed by atoms with E-state index in [1.807, 2.05) is 0 Å². The highest BCUT2D eigenvalue weighted by molar-refractivity contribution is 5.01. The molecule has 0 aromatic heterocycles. The summed E-state index contributed by atoms with van der Waals surface area (Å²) in [5.74, 6) is 0. The minimum atomic E-state index is 0.221. The third-order valence-electron chi connectivity index (χ3n) is 3.74. The standard InChI is InChI=1S/C13H28N2O/c1-12(2,3)15-10-11(9-13(15,4)5)14(6)7-8-16/h11,16H,7-10H2,1-6H3. The Morgan fingerprint density at radius 3 is 2.31 bits per heavy atom. The van der Waals surface area contributed by atoms with E-state index >= 15 is 0 Å². The van der Waals surface area contributed by atoms with Crippen molar-refractivity contribution in [2.24, 2.45) is 0 Å². The first kappa shape index (κ1) is 13.9. The van der Waals surface area contributed by atoms with Gasteiger partial charge in [0.25, 0.3) is 0 Å². The van der Waals surface area contributed by atoms with Crippen LogP contribution in [0.25, 0.3) is 0 Å². The second-order valence-corrected chi connectivity index (χ2v) is 6.66. The molecule has 1 N–H and O–H groups in total. The van der Waals surface area contributed by atoms with E-state index in [-0.39, 0.29) is 17.7 Å². The van der Waals surface area contributed by atoms with Crippen molar-refractivity contribution in [3.05, 3.63) is 0 Å². The molecule has 3 nitrogen and oxygen atoms in total. The fraction of sp³-hybridized carbons (Fsp3) is 1.00. The molecule has 3 heteroatoms. The molecule has 0 aromatic carbocycles. The van der Waals surface area contributed by atoms with Gasteiger partial charge in [-0.15, -0.1) is 0 Å². The first-order chi connectivity index (χ1) is 7.18. The largest absolute Gasteiger partial charge is 0.395 e. The van der Waals surface area contributed by atoms with E-state index in [4.69, 9.17) is 5.11 Å². The Kier molecular flexibility index (Phi) is 4.04. The third-order valence-corrected chi connectivity index (χ3v) is 3.74. The lowest BCUT2D eigenvalue weighted by atomic mass is 9.95. The van der Waals surface area contributed by atoms with Crippen molar-refractivity contribution in [1.82, 2.24) is 9.80 Å². The number of likely N-dealkylation sites (tertiary alicyclic amines) is 1. The Labute approximate surface area is 100 Å². The Balaban J connectivity index is 2.72. The molecule has 1 atom stereocenters. The molecule has 1 unspecified atom stereocenters. The van der Waals surface area contributed by atoms with Crippen LogP contribution in [0.3, 0.4) is 0 Å². The quantitative estimate of drug-likeness (QED) is 0.794. The molecular weight excluding hydrogens is 200 g/mol. The van der Waals surface area contributed by atoms with Crippen LogP contribution in [0.2, 0.25) is 0 Å². The van der Waals surface area contributed by atoms with E-state index in [2.05, 4.69) is 51.5 Å². The summed E-state index contributed by atoms with van der Waals surface area (Å²) in [5.41, 5.74) is 0.477. The molecule has 1 fully saturated rings. The maximum atomic E-state index is 9.00. The van der Waals surface area contributed by atoms with Gasteiger partial charge in [0.1, 0.15) is 0 Å². The van der Waals surface area contributed by atoms with Gasteiger partial charge in [-0.2, -0.15) is 0 Å². The van der Waals surface area contributed by atoms with Crippen LogP contribution in [-0.4, -0.2) is 58.8 Å². The summed E-state index contributed by atoms with van der Waals surface area (Å²) in [6, 6.07) is 0.571. The molecule has 0 aromatic rings. The summed E-state index contributed by atoms with van der Waals surface area (Å²) in [5, 5.41) is 9.00. The minimum absolute atomic E-state index is 0.221. The van der Waals surface area contributed by atoms with Gasteiger partial charge in [0.15, 0.2) is 0 Å². The van der Waals surface area contributed by atoms with Crippen molar-refractivity contribution < 1.29 is 5.11 Å². The van der Waals surface area contributed by atoms with Crippen molar-refractivity contribution in [3.63, 3.8) is 0 Å². The van der Waals surface area contributed by atoms with Crippen LogP contribution in [0.5, 0.6) is 0 Å². The van der Waals surface area contributed by atoms with Crippen molar-refractivity contribution in [2.75, 3.05) is 26.7 Å².